The third kappa shape index (κ3) is 5.32. The topological polar surface area (TPSA) is 59.0 Å². The van der Waals surface area contributed by atoms with Crippen LogP contribution in [-0.4, -0.2) is 29.4 Å². The summed E-state index contributed by atoms with van der Waals surface area (Å²) in [5, 5.41) is 10.7. The molecular weight excluding hydrogens is 308 g/mol. The predicted molar refractivity (Wildman–Crippen MR) is 82.7 cm³/mol. The van der Waals surface area contributed by atoms with Gasteiger partial charge in [0.1, 0.15) is 4.47 Å². The molecule has 1 aromatic rings. The van der Waals surface area contributed by atoms with Crippen molar-refractivity contribution in [2.24, 2.45) is 5.92 Å². The molecule has 5 nitrogen and oxygen atoms in total. The van der Waals surface area contributed by atoms with Crippen LogP contribution in [0.4, 0.5) is 5.69 Å². The summed E-state index contributed by atoms with van der Waals surface area (Å²) in [7, 11) is 0. The van der Waals surface area contributed by atoms with E-state index in [1.165, 1.54) is 4.68 Å². The maximum Gasteiger partial charge on any atom is 0.283 e. The molecule has 1 heterocycles. The molecule has 1 aromatic heterocycles. The molecule has 19 heavy (non-hydrogen) atoms. The smallest absolute Gasteiger partial charge is 0.283 e. The second-order valence-electron chi connectivity index (χ2n) is 4.89. The number of halogens is 1. The summed E-state index contributed by atoms with van der Waals surface area (Å²) < 4.78 is 2.06. The number of hydrogen-bond donors (Lipinski definition) is 2. The zero-order valence-electron chi connectivity index (χ0n) is 11.9. The molecule has 2 N–H and O–H groups in total. The van der Waals surface area contributed by atoms with Gasteiger partial charge in [0.25, 0.3) is 5.56 Å². The van der Waals surface area contributed by atoms with E-state index >= 15 is 0 Å². The number of nitrogens with zero attached hydrogens (tertiary/aromatic N) is 2. The maximum absolute atomic E-state index is 12.1. The second-order valence-corrected chi connectivity index (χ2v) is 5.68. The molecule has 6 heteroatoms. The van der Waals surface area contributed by atoms with Crippen molar-refractivity contribution in [3.8, 4) is 0 Å². The number of aromatic nitrogens is 2. The van der Waals surface area contributed by atoms with Gasteiger partial charge in [-0.15, -0.1) is 0 Å². The zero-order valence-corrected chi connectivity index (χ0v) is 13.5. The average molecular weight is 331 g/mol. The van der Waals surface area contributed by atoms with E-state index in [1.54, 1.807) is 6.20 Å². The number of rotatable bonds is 8. The van der Waals surface area contributed by atoms with E-state index < -0.39 is 0 Å². The Morgan fingerprint density at radius 2 is 2.16 bits per heavy atom. The van der Waals surface area contributed by atoms with E-state index in [9.17, 15) is 4.79 Å². The maximum atomic E-state index is 12.1. The predicted octanol–water partition coefficient (Wildman–Crippen LogP) is 2.07. The molecule has 0 aliphatic carbocycles. The van der Waals surface area contributed by atoms with E-state index in [1.807, 2.05) is 0 Å². The summed E-state index contributed by atoms with van der Waals surface area (Å²) in [5.74, 6) is 0.399. The molecular formula is C13H23BrN4O. The normalized spacial score (nSPS) is 11.0. The van der Waals surface area contributed by atoms with E-state index in [0.29, 0.717) is 16.9 Å². The van der Waals surface area contributed by atoms with Crippen LogP contribution in [0.1, 0.15) is 27.2 Å². The summed E-state index contributed by atoms with van der Waals surface area (Å²) in [6, 6.07) is 0. The fourth-order valence-corrected chi connectivity index (χ4v) is 2.12. The molecule has 0 spiro atoms. The summed E-state index contributed by atoms with van der Waals surface area (Å²) >= 11 is 3.35. The SMILES string of the molecule is CCNCCCNc1cnn(CC(C)C)c(=O)c1Br. The minimum absolute atomic E-state index is 0.0783. The Morgan fingerprint density at radius 1 is 1.42 bits per heavy atom. The Labute approximate surface area is 122 Å². The van der Waals surface area contributed by atoms with Crippen LogP contribution in [0.2, 0.25) is 0 Å². The van der Waals surface area contributed by atoms with Crippen molar-refractivity contribution in [2.45, 2.75) is 33.7 Å². The van der Waals surface area contributed by atoms with Crippen LogP contribution < -0.4 is 16.2 Å². The fourth-order valence-electron chi connectivity index (χ4n) is 1.68. The third-order valence-electron chi connectivity index (χ3n) is 2.62. The minimum Gasteiger partial charge on any atom is -0.383 e. The Kier molecular flexibility index (Phi) is 7.09. The average Bonchev–Trinajstić information content (AvgIpc) is 2.37. The third-order valence-corrected chi connectivity index (χ3v) is 3.39. The standard InChI is InChI=1S/C13H23BrN4O/c1-4-15-6-5-7-16-11-8-17-18(9-10(2)3)13(19)12(11)14/h8,10,15-16H,4-7,9H2,1-3H3. The lowest BCUT2D eigenvalue weighted by molar-refractivity contribution is 0.462. The van der Waals surface area contributed by atoms with Crippen molar-refractivity contribution in [3.05, 3.63) is 21.0 Å². The first-order valence-electron chi connectivity index (χ1n) is 6.76. The highest BCUT2D eigenvalue weighted by Crippen LogP contribution is 2.16. The van der Waals surface area contributed by atoms with Gasteiger partial charge in [-0.2, -0.15) is 5.10 Å². The number of anilines is 1. The Morgan fingerprint density at radius 3 is 2.79 bits per heavy atom. The highest BCUT2D eigenvalue weighted by atomic mass is 79.9. The molecule has 1 rings (SSSR count). The van der Waals surface area contributed by atoms with Crippen LogP contribution >= 0.6 is 15.9 Å². The molecule has 0 fully saturated rings. The minimum atomic E-state index is -0.0783. The summed E-state index contributed by atoms with van der Waals surface area (Å²) in [6.07, 6.45) is 2.72. The summed E-state index contributed by atoms with van der Waals surface area (Å²) in [4.78, 5) is 12.1. The van der Waals surface area contributed by atoms with Crippen LogP contribution in [0.5, 0.6) is 0 Å². The first-order chi connectivity index (χ1) is 9.06. The molecule has 0 saturated heterocycles. The monoisotopic (exact) mass is 330 g/mol. The quantitative estimate of drug-likeness (QED) is 0.716. The molecule has 0 amide bonds. The van der Waals surface area contributed by atoms with Crippen molar-refractivity contribution in [1.82, 2.24) is 15.1 Å². The lowest BCUT2D eigenvalue weighted by atomic mass is 10.2. The largest absolute Gasteiger partial charge is 0.383 e. The van der Waals surface area contributed by atoms with Crippen molar-refractivity contribution in [3.63, 3.8) is 0 Å². The van der Waals surface area contributed by atoms with Gasteiger partial charge in [0.05, 0.1) is 11.9 Å². The van der Waals surface area contributed by atoms with Crippen LogP contribution in [0, 0.1) is 5.92 Å². The van der Waals surface area contributed by atoms with Crippen molar-refractivity contribution < 1.29 is 0 Å². The van der Waals surface area contributed by atoms with Gasteiger partial charge in [-0.1, -0.05) is 20.8 Å². The number of nitrogens with one attached hydrogen (secondary N) is 2. The van der Waals surface area contributed by atoms with Crippen LogP contribution in [0.25, 0.3) is 0 Å². The van der Waals surface area contributed by atoms with Crippen LogP contribution in [0.3, 0.4) is 0 Å². The Bertz CT molecular complexity index is 445. The first-order valence-corrected chi connectivity index (χ1v) is 7.55. The van der Waals surface area contributed by atoms with Gasteiger partial charge in [-0.3, -0.25) is 4.79 Å². The molecule has 0 aliphatic rings. The van der Waals surface area contributed by atoms with Crippen molar-refractivity contribution >= 4 is 21.6 Å². The fraction of sp³-hybridized carbons (Fsp3) is 0.692. The molecule has 0 unspecified atom stereocenters. The van der Waals surface area contributed by atoms with Gasteiger partial charge in [0.15, 0.2) is 0 Å². The van der Waals surface area contributed by atoms with E-state index in [2.05, 4.69) is 52.4 Å². The van der Waals surface area contributed by atoms with Gasteiger partial charge in [-0.05, 0) is 41.4 Å². The summed E-state index contributed by atoms with van der Waals surface area (Å²) in [5.41, 5.74) is 0.687. The van der Waals surface area contributed by atoms with Crippen molar-refractivity contribution in [2.75, 3.05) is 25.0 Å². The van der Waals surface area contributed by atoms with Gasteiger partial charge in [0, 0.05) is 13.1 Å². The Hall–Kier alpha value is -0.880. The van der Waals surface area contributed by atoms with Crippen LogP contribution in [-0.2, 0) is 6.54 Å². The Balaban J connectivity index is 2.61. The lowest BCUT2D eigenvalue weighted by Crippen LogP contribution is -2.26. The van der Waals surface area contributed by atoms with Crippen LogP contribution in [0.15, 0.2) is 15.5 Å². The zero-order chi connectivity index (χ0) is 14.3. The first kappa shape index (κ1) is 16.2. The highest BCUT2D eigenvalue weighted by molar-refractivity contribution is 9.10. The van der Waals surface area contributed by atoms with Crippen molar-refractivity contribution in [1.29, 1.82) is 0 Å². The van der Waals surface area contributed by atoms with Gasteiger partial charge in [-0.25, -0.2) is 4.68 Å². The van der Waals surface area contributed by atoms with Gasteiger partial charge in [0.2, 0.25) is 0 Å². The lowest BCUT2D eigenvalue weighted by Gasteiger charge is -2.11. The second kappa shape index (κ2) is 8.32. The molecule has 0 radical (unpaired) electrons. The molecule has 0 aliphatic heterocycles. The van der Waals surface area contributed by atoms with Gasteiger partial charge >= 0.3 is 0 Å². The highest BCUT2D eigenvalue weighted by Gasteiger charge is 2.09. The summed E-state index contributed by atoms with van der Waals surface area (Å²) in [6.45, 7) is 9.63. The molecule has 0 aromatic carbocycles. The number of hydrogen-bond acceptors (Lipinski definition) is 4. The molecule has 0 bridgehead atoms. The van der Waals surface area contributed by atoms with Gasteiger partial charge < -0.3 is 10.6 Å². The molecule has 108 valence electrons. The molecule has 0 atom stereocenters. The van der Waals surface area contributed by atoms with E-state index in [0.717, 1.165) is 31.7 Å². The van der Waals surface area contributed by atoms with E-state index in [4.69, 9.17) is 0 Å². The molecule has 0 saturated carbocycles. The van der Waals surface area contributed by atoms with E-state index in [-0.39, 0.29) is 5.56 Å².